The first kappa shape index (κ1) is 17.0. The van der Waals surface area contributed by atoms with E-state index in [9.17, 15) is 9.59 Å². The fraction of sp³-hybridized carbons (Fsp3) is 0.579. The molecule has 1 heterocycles. The molecule has 3 rings (SSSR count). The van der Waals surface area contributed by atoms with Gasteiger partial charge in [0.1, 0.15) is 12.2 Å². The quantitative estimate of drug-likeness (QED) is 0.730. The molecule has 0 N–H and O–H groups in total. The number of fused-ring (bicyclic) bond motifs is 2. The lowest BCUT2D eigenvalue weighted by atomic mass is 9.59. The average Bonchev–Trinajstić information content (AvgIpc) is 2.73. The maximum absolute atomic E-state index is 12.3. The maximum Gasteiger partial charge on any atom is 0.303 e. The van der Waals surface area contributed by atoms with Crippen LogP contribution in [0.1, 0.15) is 34.1 Å². The minimum absolute atomic E-state index is 0.0616. The van der Waals surface area contributed by atoms with Crippen molar-refractivity contribution in [2.45, 2.75) is 46.3 Å². The van der Waals surface area contributed by atoms with Crippen molar-refractivity contribution in [3.8, 4) is 0 Å². The lowest BCUT2D eigenvalue weighted by Gasteiger charge is -2.48. The first-order chi connectivity index (χ1) is 11.2. The van der Waals surface area contributed by atoms with Gasteiger partial charge >= 0.3 is 5.97 Å². The molecule has 130 valence electrons. The molecule has 0 aromatic carbocycles. The molecule has 1 amide bonds. The van der Waals surface area contributed by atoms with Crippen LogP contribution >= 0.6 is 0 Å². The highest BCUT2D eigenvalue weighted by Gasteiger charge is 2.50. The Morgan fingerprint density at radius 2 is 2.08 bits per heavy atom. The van der Waals surface area contributed by atoms with Gasteiger partial charge in [-0.2, -0.15) is 0 Å². The Hall–Kier alpha value is -1.88. The predicted molar refractivity (Wildman–Crippen MR) is 89.9 cm³/mol. The van der Waals surface area contributed by atoms with E-state index in [-0.39, 0.29) is 35.4 Å². The summed E-state index contributed by atoms with van der Waals surface area (Å²) in [6.07, 6.45) is 4.30. The van der Waals surface area contributed by atoms with Gasteiger partial charge in [0.15, 0.2) is 0 Å². The third-order valence-corrected chi connectivity index (χ3v) is 5.98. The molecule has 0 saturated heterocycles. The van der Waals surface area contributed by atoms with Gasteiger partial charge in [0, 0.05) is 43.7 Å². The molecule has 0 saturated carbocycles. The molecule has 0 radical (unpaired) electrons. The van der Waals surface area contributed by atoms with Gasteiger partial charge < -0.3 is 14.4 Å². The summed E-state index contributed by atoms with van der Waals surface area (Å²) in [7, 11) is 3.44. The fourth-order valence-electron chi connectivity index (χ4n) is 4.22. The second kappa shape index (κ2) is 5.59. The van der Waals surface area contributed by atoms with E-state index >= 15 is 0 Å². The van der Waals surface area contributed by atoms with Crippen LogP contribution in [0.15, 0.2) is 34.6 Å². The van der Waals surface area contributed by atoms with Crippen LogP contribution in [0.3, 0.4) is 0 Å². The minimum Gasteiger partial charge on any atom is -0.459 e. The number of methoxy groups -OCH3 is 1. The number of likely N-dealkylation sites (N-methyl/N-ethyl adjacent to an activating group) is 1. The van der Waals surface area contributed by atoms with Crippen LogP contribution in [0.5, 0.6) is 0 Å². The number of carbonyl (C=O) groups excluding carboxylic acids is 2. The van der Waals surface area contributed by atoms with Gasteiger partial charge in [0.2, 0.25) is 0 Å². The molecule has 3 aliphatic rings. The Bertz CT molecular complexity index is 702. The Morgan fingerprint density at radius 1 is 1.42 bits per heavy atom. The number of carbonyl (C=O) groups is 2. The fourth-order valence-corrected chi connectivity index (χ4v) is 4.22. The molecule has 4 unspecified atom stereocenters. The highest BCUT2D eigenvalue weighted by molar-refractivity contribution is 6.00. The standard InChI is InChI=1S/C19H25NO4/c1-10-14-9-19(4)11(2)17(24-12(3)21)16(23-6)8-13(19)7-15(14)20(5)18(10)22/h7-8,11,16-17H,9H2,1-6H3. The zero-order valence-corrected chi connectivity index (χ0v) is 15.2. The largest absolute Gasteiger partial charge is 0.459 e. The van der Waals surface area contributed by atoms with E-state index in [1.807, 2.05) is 20.0 Å². The molecule has 5 heteroatoms. The third kappa shape index (κ3) is 2.25. The number of ether oxygens (including phenoxy) is 2. The van der Waals surface area contributed by atoms with Gasteiger partial charge in [-0.1, -0.05) is 13.8 Å². The summed E-state index contributed by atoms with van der Waals surface area (Å²) in [5.41, 5.74) is 3.86. The summed E-state index contributed by atoms with van der Waals surface area (Å²) >= 11 is 0. The first-order valence-electron chi connectivity index (χ1n) is 8.33. The number of esters is 1. The van der Waals surface area contributed by atoms with E-state index in [0.717, 1.165) is 28.8 Å². The van der Waals surface area contributed by atoms with E-state index in [2.05, 4.69) is 19.9 Å². The van der Waals surface area contributed by atoms with Gasteiger partial charge in [0.05, 0.1) is 0 Å². The highest BCUT2D eigenvalue weighted by atomic mass is 16.6. The van der Waals surface area contributed by atoms with E-state index in [1.54, 1.807) is 12.0 Å². The molecule has 0 fully saturated rings. The Morgan fingerprint density at radius 3 is 2.67 bits per heavy atom. The van der Waals surface area contributed by atoms with Crippen LogP contribution in [0, 0.1) is 11.3 Å². The van der Waals surface area contributed by atoms with Crippen molar-refractivity contribution in [3.63, 3.8) is 0 Å². The molecule has 5 nitrogen and oxygen atoms in total. The summed E-state index contributed by atoms with van der Waals surface area (Å²) in [4.78, 5) is 25.6. The normalized spacial score (nSPS) is 35.3. The van der Waals surface area contributed by atoms with Gasteiger partial charge in [-0.05, 0) is 36.6 Å². The SMILES string of the molecule is COC1C=C2C=C3C(=C(C)C(=O)N3C)CC2(C)C(C)C1OC(C)=O. The maximum atomic E-state index is 12.3. The van der Waals surface area contributed by atoms with E-state index in [1.165, 1.54) is 6.92 Å². The van der Waals surface area contributed by atoms with Crippen molar-refractivity contribution >= 4 is 11.9 Å². The molecule has 4 atom stereocenters. The smallest absolute Gasteiger partial charge is 0.303 e. The minimum atomic E-state index is -0.327. The van der Waals surface area contributed by atoms with Crippen LogP contribution in [0.25, 0.3) is 0 Å². The van der Waals surface area contributed by atoms with E-state index in [4.69, 9.17) is 9.47 Å². The van der Waals surface area contributed by atoms with Gasteiger partial charge in [0.25, 0.3) is 5.91 Å². The van der Waals surface area contributed by atoms with E-state index in [0.29, 0.717) is 0 Å². The van der Waals surface area contributed by atoms with Gasteiger partial charge in [-0.15, -0.1) is 0 Å². The first-order valence-corrected chi connectivity index (χ1v) is 8.33. The van der Waals surface area contributed by atoms with Crippen molar-refractivity contribution < 1.29 is 19.1 Å². The Labute approximate surface area is 143 Å². The molecule has 24 heavy (non-hydrogen) atoms. The number of hydrogen-bond acceptors (Lipinski definition) is 4. The summed E-state index contributed by atoms with van der Waals surface area (Å²) in [5, 5.41) is 0. The van der Waals surface area contributed by atoms with Crippen LogP contribution in [-0.2, 0) is 19.1 Å². The molecular formula is C19H25NO4. The topological polar surface area (TPSA) is 55.8 Å². The van der Waals surface area contributed by atoms with Crippen molar-refractivity contribution in [2.24, 2.45) is 11.3 Å². The second-order valence-corrected chi connectivity index (χ2v) is 7.28. The van der Waals surface area contributed by atoms with Crippen molar-refractivity contribution in [2.75, 3.05) is 14.2 Å². The monoisotopic (exact) mass is 331 g/mol. The molecule has 0 bridgehead atoms. The number of hydrogen-bond donors (Lipinski definition) is 0. The van der Waals surface area contributed by atoms with Crippen LogP contribution in [-0.4, -0.2) is 43.1 Å². The lowest BCUT2D eigenvalue weighted by molar-refractivity contribution is -0.160. The van der Waals surface area contributed by atoms with Crippen LogP contribution < -0.4 is 0 Å². The summed E-state index contributed by atoms with van der Waals surface area (Å²) in [6, 6.07) is 0. The molecular weight excluding hydrogens is 306 g/mol. The molecule has 1 aliphatic heterocycles. The number of allylic oxidation sites excluding steroid dienone is 3. The van der Waals surface area contributed by atoms with Crippen molar-refractivity contribution in [3.05, 3.63) is 34.6 Å². The van der Waals surface area contributed by atoms with E-state index < -0.39 is 0 Å². The third-order valence-electron chi connectivity index (χ3n) is 5.98. The number of amides is 1. The zero-order valence-electron chi connectivity index (χ0n) is 15.2. The molecule has 0 aromatic heterocycles. The van der Waals surface area contributed by atoms with Crippen molar-refractivity contribution in [1.82, 2.24) is 4.90 Å². The summed E-state index contributed by atoms with van der Waals surface area (Å²) in [6.45, 7) is 7.60. The summed E-state index contributed by atoms with van der Waals surface area (Å²) < 4.78 is 11.2. The summed E-state index contributed by atoms with van der Waals surface area (Å²) in [5.74, 6) is -0.162. The molecule has 2 aliphatic carbocycles. The lowest BCUT2D eigenvalue weighted by Crippen LogP contribution is -2.49. The Kier molecular flexibility index (Phi) is 3.95. The van der Waals surface area contributed by atoms with Crippen molar-refractivity contribution in [1.29, 1.82) is 0 Å². The predicted octanol–water partition coefficient (Wildman–Crippen LogP) is 2.59. The molecule has 0 spiro atoms. The van der Waals surface area contributed by atoms with Crippen LogP contribution in [0.2, 0.25) is 0 Å². The van der Waals surface area contributed by atoms with Gasteiger partial charge in [-0.3, -0.25) is 9.59 Å². The Balaban J connectivity index is 2.11. The second-order valence-electron chi connectivity index (χ2n) is 7.28. The number of nitrogens with zero attached hydrogens (tertiary/aromatic N) is 1. The number of rotatable bonds is 2. The average molecular weight is 331 g/mol. The highest BCUT2D eigenvalue weighted by Crippen LogP contribution is 2.54. The van der Waals surface area contributed by atoms with Crippen LogP contribution in [0.4, 0.5) is 0 Å². The van der Waals surface area contributed by atoms with Gasteiger partial charge in [-0.25, -0.2) is 0 Å². The molecule has 0 aromatic rings. The zero-order chi connectivity index (χ0) is 17.8.